The maximum Gasteiger partial charge on any atom is 0.403 e. The third-order valence-electron chi connectivity index (χ3n) is 11.8. The molecule has 56 heavy (non-hydrogen) atoms. The van der Waals surface area contributed by atoms with Crippen LogP contribution in [0.2, 0.25) is 0 Å². The lowest BCUT2D eigenvalue weighted by Gasteiger charge is -2.51. The number of carbonyl (C=O) groups excluding carboxylic acids is 3. The van der Waals surface area contributed by atoms with Gasteiger partial charge in [0.05, 0.1) is 37.1 Å². The fourth-order valence-electron chi connectivity index (χ4n) is 8.52. The minimum atomic E-state index is -4.65. The van der Waals surface area contributed by atoms with Gasteiger partial charge in [-0.05, 0) is 81.2 Å². The molecule has 15 heteroatoms. The fraction of sp³-hybridized carbons (Fsp3) is 0.561. The summed E-state index contributed by atoms with van der Waals surface area (Å²) in [6, 6.07) is 11.1. The van der Waals surface area contributed by atoms with E-state index >= 15 is 0 Å². The van der Waals surface area contributed by atoms with Gasteiger partial charge in [-0.2, -0.15) is 18.3 Å². The number of carbonyl (C=O) groups is 3. The zero-order valence-corrected chi connectivity index (χ0v) is 31.6. The first kappa shape index (κ1) is 39.8. The van der Waals surface area contributed by atoms with Gasteiger partial charge in [0.15, 0.2) is 0 Å². The Morgan fingerprint density at radius 1 is 0.911 bits per heavy atom. The molecule has 2 aliphatic heterocycles. The second-order valence-electron chi connectivity index (χ2n) is 17.1. The largest absolute Gasteiger partial charge is 0.456 e. The third-order valence-corrected chi connectivity index (χ3v) is 11.8. The lowest BCUT2D eigenvalue weighted by molar-refractivity contribution is -0.205. The SMILES string of the molecule is CC(C)(C)OC(=O)c1c(COCC2CN(C(=O)c3cnn(Cc4ccc(F)cc4)c3)CC23CN(C(=O)C2(C(F)(F)F)CC2)C3)cccc1C1CCC(F)(F)CC1. The molecule has 1 aromatic heterocycles. The molecular weight excluding hydrogens is 742 g/mol. The molecule has 7 rings (SSSR count). The number of aromatic nitrogens is 2. The first-order valence-corrected chi connectivity index (χ1v) is 19.0. The van der Waals surface area contributed by atoms with Gasteiger partial charge in [0.1, 0.15) is 16.8 Å². The van der Waals surface area contributed by atoms with Gasteiger partial charge in [0.25, 0.3) is 5.91 Å². The smallest absolute Gasteiger partial charge is 0.403 e. The zero-order chi connectivity index (χ0) is 40.3. The van der Waals surface area contributed by atoms with Crippen LogP contribution in [0.5, 0.6) is 0 Å². The quantitative estimate of drug-likeness (QED) is 0.154. The lowest BCUT2D eigenvalue weighted by Crippen LogP contribution is -2.65. The van der Waals surface area contributed by atoms with Gasteiger partial charge < -0.3 is 19.3 Å². The molecule has 302 valence electrons. The predicted octanol–water partition coefficient (Wildman–Crippen LogP) is 7.78. The molecule has 2 aliphatic carbocycles. The third kappa shape index (κ3) is 8.05. The molecule has 0 radical (unpaired) electrons. The summed E-state index contributed by atoms with van der Waals surface area (Å²) in [7, 11) is 0. The molecule has 4 fully saturated rings. The number of ether oxygens (including phenoxy) is 2. The molecular formula is C41H46F6N4O5. The van der Waals surface area contributed by atoms with Gasteiger partial charge in [-0.25, -0.2) is 18.0 Å². The van der Waals surface area contributed by atoms with E-state index in [4.69, 9.17) is 9.47 Å². The molecule has 9 nitrogen and oxygen atoms in total. The lowest BCUT2D eigenvalue weighted by atomic mass is 9.71. The van der Waals surface area contributed by atoms with Crippen LogP contribution in [0.15, 0.2) is 54.9 Å². The Kier molecular flexibility index (Phi) is 10.3. The van der Waals surface area contributed by atoms with E-state index in [1.165, 1.54) is 23.2 Å². The van der Waals surface area contributed by atoms with Crippen molar-refractivity contribution in [2.24, 2.45) is 16.7 Å². The van der Waals surface area contributed by atoms with Gasteiger partial charge in [-0.3, -0.25) is 14.3 Å². The highest BCUT2D eigenvalue weighted by atomic mass is 19.4. The number of hydrogen-bond donors (Lipinski definition) is 0. The molecule has 2 saturated carbocycles. The molecule has 2 aromatic carbocycles. The summed E-state index contributed by atoms with van der Waals surface area (Å²) in [4.78, 5) is 43.6. The van der Waals surface area contributed by atoms with E-state index in [0.717, 1.165) is 5.56 Å². The minimum absolute atomic E-state index is 0.0241. The molecule has 2 amide bonds. The van der Waals surface area contributed by atoms with Crippen LogP contribution < -0.4 is 0 Å². The van der Waals surface area contributed by atoms with Crippen molar-refractivity contribution in [3.05, 3.63) is 88.5 Å². The Balaban J connectivity index is 1.09. The van der Waals surface area contributed by atoms with Crippen LogP contribution in [0.4, 0.5) is 26.3 Å². The maximum atomic E-state index is 14.1. The number of hydrogen-bond acceptors (Lipinski definition) is 6. The van der Waals surface area contributed by atoms with E-state index in [1.807, 2.05) is 0 Å². The van der Waals surface area contributed by atoms with E-state index < -0.39 is 40.4 Å². The fourth-order valence-corrected chi connectivity index (χ4v) is 8.52. The van der Waals surface area contributed by atoms with Gasteiger partial charge >= 0.3 is 12.1 Å². The van der Waals surface area contributed by atoms with Crippen molar-refractivity contribution >= 4 is 17.8 Å². The summed E-state index contributed by atoms with van der Waals surface area (Å²) in [5.74, 6) is -5.66. The summed E-state index contributed by atoms with van der Waals surface area (Å²) in [5.41, 5.74) is -1.45. The van der Waals surface area contributed by atoms with Crippen molar-refractivity contribution in [1.29, 1.82) is 0 Å². The summed E-state index contributed by atoms with van der Waals surface area (Å²) in [5, 5.41) is 4.30. The normalized spacial score (nSPS) is 21.6. The summed E-state index contributed by atoms with van der Waals surface area (Å²) in [6.07, 6.45) is -2.31. The number of nitrogens with zero attached hydrogens (tertiary/aromatic N) is 4. The Bertz CT molecular complexity index is 1950. The van der Waals surface area contributed by atoms with Crippen LogP contribution >= 0.6 is 0 Å². The van der Waals surface area contributed by atoms with E-state index in [1.54, 1.807) is 66.9 Å². The number of esters is 1. The first-order valence-electron chi connectivity index (χ1n) is 19.0. The van der Waals surface area contributed by atoms with Gasteiger partial charge in [-0.1, -0.05) is 30.3 Å². The Morgan fingerprint density at radius 2 is 1.57 bits per heavy atom. The number of rotatable bonds is 10. The van der Waals surface area contributed by atoms with Gasteiger partial charge in [0, 0.05) is 56.6 Å². The van der Waals surface area contributed by atoms with Crippen molar-refractivity contribution in [3.63, 3.8) is 0 Å². The first-order chi connectivity index (χ1) is 26.3. The van der Waals surface area contributed by atoms with Crippen LogP contribution in [0.25, 0.3) is 0 Å². The van der Waals surface area contributed by atoms with Crippen molar-refractivity contribution in [2.75, 3.05) is 32.8 Å². The number of amides is 2. The van der Waals surface area contributed by atoms with Crippen LogP contribution in [-0.2, 0) is 27.4 Å². The highest BCUT2D eigenvalue weighted by molar-refractivity contribution is 5.94. The minimum Gasteiger partial charge on any atom is -0.456 e. The van der Waals surface area contributed by atoms with E-state index in [0.29, 0.717) is 23.2 Å². The van der Waals surface area contributed by atoms with Crippen LogP contribution in [0.3, 0.4) is 0 Å². The standard InChI is InChI=1S/C41H46F6N4O5/c1-37(2,3)56-35(53)33-28(5-4-6-32(33)27-11-13-40(43,44)14-12-27)21-55-22-30-20-49(23-38(30)24-50(25-38)36(54)39(15-16-39)41(45,46)47)34(52)29-17-48-51(19-29)18-26-7-9-31(42)10-8-26/h4-10,17,19,27,30H,11-16,18,20-25H2,1-3H3. The van der Waals surface area contributed by atoms with Crippen molar-refractivity contribution in [3.8, 4) is 0 Å². The van der Waals surface area contributed by atoms with Gasteiger partial charge in [-0.15, -0.1) is 0 Å². The highest BCUT2D eigenvalue weighted by Crippen LogP contribution is 2.60. The molecule has 1 spiro atoms. The van der Waals surface area contributed by atoms with Crippen molar-refractivity contribution in [2.45, 2.75) is 96.1 Å². The van der Waals surface area contributed by atoms with E-state index in [9.17, 15) is 40.7 Å². The molecule has 1 atom stereocenters. The molecule has 4 aliphatic rings. The number of halogens is 6. The molecule has 0 bridgehead atoms. The monoisotopic (exact) mass is 788 g/mol. The molecule has 0 N–H and O–H groups in total. The molecule has 3 heterocycles. The molecule has 3 aromatic rings. The molecule has 2 saturated heterocycles. The van der Waals surface area contributed by atoms with Crippen LogP contribution in [-0.4, -0.2) is 87.8 Å². The van der Waals surface area contributed by atoms with Gasteiger partial charge in [0.2, 0.25) is 11.8 Å². The summed E-state index contributed by atoms with van der Waals surface area (Å²) >= 11 is 0. The summed E-state index contributed by atoms with van der Waals surface area (Å²) < 4.78 is 96.9. The Morgan fingerprint density at radius 3 is 2.20 bits per heavy atom. The number of benzene rings is 2. The van der Waals surface area contributed by atoms with E-state index in [2.05, 4.69) is 5.10 Å². The number of alkyl halides is 5. The highest BCUT2D eigenvalue weighted by Gasteiger charge is 2.71. The second kappa shape index (κ2) is 14.5. The average Bonchev–Trinajstić information content (AvgIpc) is 3.67. The van der Waals surface area contributed by atoms with Crippen molar-refractivity contribution < 1.29 is 50.2 Å². The predicted molar refractivity (Wildman–Crippen MR) is 191 cm³/mol. The van der Waals surface area contributed by atoms with Crippen LogP contribution in [0.1, 0.15) is 103 Å². The number of likely N-dealkylation sites (tertiary alicyclic amines) is 2. The Hall–Kier alpha value is -4.40. The topological polar surface area (TPSA) is 94.0 Å². The van der Waals surface area contributed by atoms with Crippen molar-refractivity contribution in [1.82, 2.24) is 19.6 Å². The van der Waals surface area contributed by atoms with E-state index in [-0.39, 0.29) is 107 Å². The zero-order valence-electron chi connectivity index (χ0n) is 31.6. The van der Waals surface area contributed by atoms with Crippen LogP contribution in [0, 0.1) is 22.6 Å². The Labute approximate surface area is 321 Å². The maximum absolute atomic E-state index is 14.1. The summed E-state index contributed by atoms with van der Waals surface area (Å²) in [6.45, 7) is 5.94. The average molecular weight is 789 g/mol. The molecule has 1 unspecified atom stereocenters. The second-order valence-corrected chi connectivity index (χ2v) is 17.1.